The SMILES string of the molecule is C[C@@H]([C@H]1O[C@H]1C)[C@H](C)O. The Hall–Kier alpha value is -0.0800. The zero-order valence-corrected chi connectivity index (χ0v) is 6.16. The van der Waals surface area contributed by atoms with Crippen LogP contribution in [0.3, 0.4) is 0 Å². The third-order valence-corrected chi connectivity index (χ3v) is 2.04. The van der Waals surface area contributed by atoms with E-state index in [-0.39, 0.29) is 6.10 Å². The molecule has 0 saturated carbocycles. The van der Waals surface area contributed by atoms with E-state index < -0.39 is 0 Å². The molecule has 4 atom stereocenters. The van der Waals surface area contributed by atoms with E-state index in [1.807, 2.05) is 13.8 Å². The number of epoxide rings is 1. The van der Waals surface area contributed by atoms with Gasteiger partial charge in [0.15, 0.2) is 0 Å². The first kappa shape index (κ1) is 7.03. The molecular formula is C7H14O2. The molecule has 0 bridgehead atoms. The predicted octanol–water partition coefficient (Wildman–Crippen LogP) is 0.791. The molecule has 1 fully saturated rings. The van der Waals surface area contributed by atoms with Gasteiger partial charge in [0.25, 0.3) is 0 Å². The lowest BCUT2D eigenvalue weighted by Crippen LogP contribution is -2.19. The van der Waals surface area contributed by atoms with Crippen molar-refractivity contribution < 1.29 is 9.84 Å². The molecule has 0 unspecified atom stereocenters. The van der Waals surface area contributed by atoms with Crippen LogP contribution in [0, 0.1) is 5.92 Å². The van der Waals surface area contributed by atoms with Crippen molar-refractivity contribution in [3.63, 3.8) is 0 Å². The second-order valence-electron chi connectivity index (χ2n) is 2.91. The van der Waals surface area contributed by atoms with Gasteiger partial charge in [0.2, 0.25) is 0 Å². The second-order valence-corrected chi connectivity index (χ2v) is 2.91. The molecule has 0 aromatic carbocycles. The molecule has 54 valence electrons. The minimum atomic E-state index is -0.236. The van der Waals surface area contributed by atoms with Crippen LogP contribution in [0.15, 0.2) is 0 Å². The number of aliphatic hydroxyl groups is 1. The van der Waals surface area contributed by atoms with Gasteiger partial charge < -0.3 is 9.84 Å². The number of ether oxygens (including phenoxy) is 1. The number of aliphatic hydroxyl groups excluding tert-OH is 1. The van der Waals surface area contributed by atoms with Gasteiger partial charge in [-0.25, -0.2) is 0 Å². The Balaban J connectivity index is 2.27. The van der Waals surface area contributed by atoms with Crippen molar-refractivity contribution in [2.75, 3.05) is 0 Å². The fraction of sp³-hybridized carbons (Fsp3) is 1.00. The van der Waals surface area contributed by atoms with Gasteiger partial charge in [-0.15, -0.1) is 0 Å². The Morgan fingerprint density at radius 1 is 1.44 bits per heavy atom. The van der Waals surface area contributed by atoms with Gasteiger partial charge in [-0.2, -0.15) is 0 Å². The van der Waals surface area contributed by atoms with Gasteiger partial charge in [0.05, 0.1) is 18.3 Å². The minimum absolute atomic E-state index is 0.236. The first-order valence-electron chi connectivity index (χ1n) is 3.46. The van der Waals surface area contributed by atoms with Crippen molar-refractivity contribution in [2.45, 2.75) is 39.1 Å². The van der Waals surface area contributed by atoms with E-state index in [0.29, 0.717) is 18.1 Å². The quantitative estimate of drug-likeness (QED) is 0.560. The van der Waals surface area contributed by atoms with Crippen LogP contribution in [0.2, 0.25) is 0 Å². The van der Waals surface area contributed by atoms with Crippen molar-refractivity contribution in [3.05, 3.63) is 0 Å². The van der Waals surface area contributed by atoms with Crippen molar-refractivity contribution >= 4 is 0 Å². The first-order chi connectivity index (χ1) is 4.13. The van der Waals surface area contributed by atoms with Gasteiger partial charge in [-0.3, -0.25) is 0 Å². The first-order valence-corrected chi connectivity index (χ1v) is 3.46. The Bertz CT molecular complexity index is 101. The van der Waals surface area contributed by atoms with E-state index in [9.17, 15) is 0 Å². The summed E-state index contributed by atoms with van der Waals surface area (Å²) in [5.74, 6) is 0.292. The maximum Gasteiger partial charge on any atom is 0.0888 e. The van der Waals surface area contributed by atoms with Gasteiger partial charge in [0.1, 0.15) is 0 Å². The van der Waals surface area contributed by atoms with Crippen LogP contribution in [0.4, 0.5) is 0 Å². The summed E-state index contributed by atoms with van der Waals surface area (Å²) in [7, 11) is 0. The molecule has 0 amide bonds. The maximum absolute atomic E-state index is 9.07. The molecule has 0 aliphatic carbocycles. The largest absolute Gasteiger partial charge is 0.393 e. The van der Waals surface area contributed by atoms with E-state index in [0.717, 1.165) is 0 Å². The van der Waals surface area contributed by atoms with Crippen molar-refractivity contribution in [1.29, 1.82) is 0 Å². The molecule has 2 nitrogen and oxygen atoms in total. The lowest BCUT2D eigenvalue weighted by Gasteiger charge is -2.10. The molecule has 2 heteroatoms. The Morgan fingerprint density at radius 3 is 2.00 bits per heavy atom. The van der Waals surface area contributed by atoms with E-state index in [1.165, 1.54) is 0 Å². The van der Waals surface area contributed by atoms with Crippen LogP contribution in [0.25, 0.3) is 0 Å². The summed E-state index contributed by atoms with van der Waals surface area (Å²) < 4.78 is 5.18. The summed E-state index contributed by atoms with van der Waals surface area (Å²) in [6, 6.07) is 0. The fourth-order valence-electron chi connectivity index (χ4n) is 1.03. The van der Waals surface area contributed by atoms with E-state index in [1.54, 1.807) is 6.92 Å². The summed E-state index contributed by atoms with van der Waals surface area (Å²) >= 11 is 0. The van der Waals surface area contributed by atoms with E-state index >= 15 is 0 Å². The van der Waals surface area contributed by atoms with Crippen molar-refractivity contribution in [1.82, 2.24) is 0 Å². The van der Waals surface area contributed by atoms with Crippen molar-refractivity contribution in [3.8, 4) is 0 Å². The van der Waals surface area contributed by atoms with Crippen molar-refractivity contribution in [2.24, 2.45) is 5.92 Å². The van der Waals surface area contributed by atoms with Crippen LogP contribution < -0.4 is 0 Å². The van der Waals surface area contributed by atoms with Crippen LogP contribution in [0.5, 0.6) is 0 Å². The van der Waals surface area contributed by atoms with Gasteiger partial charge in [0, 0.05) is 5.92 Å². The van der Waals surface area contributed by atoms with Crippen LogP contribution in [0.1, 0.15) is 20.8 Å². The third-order valence-electron chi connectivity index (χ3n) is 2.04. The van der Waals surface area contributed by atoms with Gasteiger partial charge in [-0.05, 0) is 13.8 Å². The van der Waals surface area contributed by atoms with Gasteiger partial charge in [-0.1, -0.05) is 6.92 Å². The maximum atomic E-state index is 9.07. The standard InChI is InChI=1S/C7H14O2/c1-4(5(2)8)7-6(3)9-7/h4-8H,1-3H3/t4-,5+,6+,7-/m1/s1. The molecule has 1 N–H and O–H groups in total. The highest BCUT2D eigenvalue weighted by atomic mass is 16.6. The average Bonchev–Trinajstić information content (AvgIpc) is 2.44. The van der Waals surface area contributed by atoms with Crippen LogP contribution in [-0.4, -0.2) is 23.4 Å². The molecule has 1 rings (SSSR count). The summed E-state index contributed by atoms with van der Waals surface area (Å²) in [6.45, 7) is 5.85. The Morgan fingerprint density at radius 2 is 1.89 bits per heavy atom. The highest BCUT2D eigenvalue weighted by Crippen LogP contribution is 2.30. The summed E-state index contributed by atoms with van der Waals surface area (Å²) in [5, 5.41) is 9.07. The molecule has 1 saturated heterocycles. The molecule has 0 radical (unpaired) electrons. The van der Waals surface area contributed by atoms with Crippen LogP contribution in [-0.2, 0) is 4.74 Å². The summed E-state index contributed by atoms with van der Waals surface area (Å²) in [5.41, 5.74) is 0. The number of hydrogen-bond donors (Lipinski definition) is 1. The molecule has 9 heavy (non-hydrogen) atoms. The zero-order chi connectivity index (χ0) is 7.02. The molecule has 0 spiro atoms. The number of rotatable bonds is 2. The Labute approximate surface area is 55.8 Å². The minimum Gasteiger partial charge on any atom is -0.393 e. The van der Waals surface area contributed by atoms with E-state index in [4.69, 9.17) is 9.84 Å². The van der Waals surface area contributed by atoms with E-state index in [2.05, 4.69) is 0 Å². The fourth-order valence-corrected chi connectivity index (χ4v) is 1.03. The predicted molar refractivity (Wildman–Crippen MR) is 35.2 cm³/mol. The molecule has 1 aliphatic rings. The molecule has 0 aromatic rings. The zero-order valence-electron chi connectivity index (χ0n) is 6.16. The number of hydrogen-bond acceptors (Lipinski definition) is 2. The molecule has 1 heterocycles. The summed E-state index contributed by atoms with van der Waals surface area (Å²) in [4.78, 5) is 0. The van der Waals surface area contributed by atoms with Crippen LogP contribution >= 0.6 is 0 Å². The Kier molecular flexibility index (Phi) is 1.78. The van der Waals surface area contributed by atoms with Gasteiger partial charge >= 0.3 is 0 Å². The highest BCUT2D eigenvalue weighted by molar-refractivity contribution is 4.87. The molecular weight excluding hydrogens is 116 g/mol. The third kappa shape index (κ3) is 1.43. The monoisotopic (exact) mass is 130 g/mol. The highest BCUT2D eigenvalue weighted by Gasteiger charge is 2.40. The topological polar surface area (TPSA) is 32.8 Å². The summed E-state index contributed by atoms with van der Waals surface area (Å²) in [6.07, 6.45) is 0.444. The lowest BCUT2D eigenvalue weighted by molar-refractivity contribution is 0.115. The molecule has 0 aromatic heterocycles. The second kappa shape index (κ2) is 2.27. The normalized spacial score (nSPS) is 40.0. The average molecular weight is 130 g/mol. The molecule has 1 aliphatic heterocycles. The smallest absolute Gasteiger partial charge is 0.0888 e. The lowest BCUT2D eigenvalue weighted by atomic mass is 10.0.